The molecule has 0 aliphatic carbocycles. The summed E-state index contributed by atoms with van der Waals surface area (Å²) in [5.41, 5.74) is 0. The summed E-state index contributed by atoms with van der Waals surface area (Å²) in [6.07, 6.45) is 0. The Balaban J connectivity index is 0.000000422. The summed E-state index contributed by atoms with van der Waals surface area (Å²) in [6.45, 7) is 2.08. The molecule has 2 heterocycles. The Morgan fingerprint density at radius 1 is 1.18 bits per heavy atom. The first-order valence-electron chi connectivity index (χ1n) is 5.57. The Hall–Kier alpha value is -0.430. The van der Waals surface area contributed by atoms with Crippen LogP contribution in [-0.2, 0) is 23.1 Å². The van der Waals surface area contributed by atoms with Gasteiger partial charge in [0.1, 0.15) is 4.21 Å². The van der Waals surface area contributed by atoms with Gasteiger partial charge in [0.2, 0.25) is 0 Å². The number of nitrogens with zero attached hydrogens (tertiary/aromatic N) is 1. The molecule has 2 rings (SSSR count). The van der Waals surface area contributed by atoms with Crippen LogP contribution in [0, 0.1) is 0 Å². The van der Waals surface area contributed by atoms with E-state index in [1.165, 1.54) is 12.1 Å². The van der Waals surface area contributed by atoms with Crippen LogP contribution < -0.4 is 0 Å². The molecule has 126 valence electrons. The van der Waals surface area contributed by atoms with Crippen LogP contribution in [0.4, 0.5) is 0 Å². The molecule has 1 aliphatic heterocycles. The summed E-state index contributed by atoms with van der Waals surface area (Å²) in [6, 6.07) is 2.83. The first-order chi connectivity index (χ1) is 9.98. The quantitative estimate of drug-likeness (QED) is 0.572. The maximum absolute atomic E-state index is 12.0. The van der Waals surface area contributed by atoms with E-state index in [9.17, 15) is 13.2 Å². The molecule has 0 radical (unpaired) electrons. The molecule has 0 unspecified atom stereocenters. The van der Waals surface area contributed by atoms with E-state index in [2.05, 4.69) is 10.7 Å². The summed E-state index contributed by atoms with van der Waals surface area (Å²) < 4.78 is 52.5. The van der Waals surface area contributed by atoms with Crippen LogP contribution in [0.1, 0.15) is 9.67 Å². The molecule has 1 aliphatic rings. The van der Waals surface area contributed by atoms with Crippen molar-refractivity contribution in [2.24, 2.45) is 0 Å². The molecule has 8 nitrogen and oxygen atoms in total. The largest absolute Gasteiger partial charge is 0.378 e. The van der Waals surface area contributed by atoms with E-state index in [4.69, 9.17) is 28.4 Å². The third kappa shape index (κ3) is 7.22. The van der Waals surface area contributed by atoms with Gasteiger partial charge >= 0.3 is 9.33 Å². The van der Waals surface area contributed by atoms with Gasteiger partial charge in [0.15, 0.2) is 0 Å². The van der Waals surface area contributed by atoms with Crippen molar-refractivity contribution in [2.45, 2.75) is 4.21 Å². The highest BCUT2D eigenvalue weighted by Crippen LogP contribution is 2.25. The molecule has 1 aromatic heterocycles. The second-order valence-electron chi connectivity index (χ2n) is 3.87. The average Bonchev–Trinajstić information content (AvgIpc) is 2.86. The number of ether oxygens (including phenoxy) is 1. The van der Waals surface area contributed by atoms with Gasteiger partial charge in [-0.1, -0.05) is 0 Å². The SMILES string of the molecule is O=C(c1ccc(S(=O)(=O)Cl)s1)N1CCOCC1.O=S(=O)(O)Cl. The van der Waals surface area contributed by atoms with Crippen LogP contribution >= 0.6 is 32.7 Å². The number of morpholine rings is 1. The van der Waals surface area contributed by atoms with Gasteiger partial charge in [0.25, 0.3) is 15.0 Å². The molecular formula is C9H11Cl2NO7S3. The highest BCUT2D eigenvalue weighted by atomic mass is 35.7. The lowest BCUT2D eigenvalue weighted by atomic mass is 10.3. The van der Waals surface area contributed by atoms with Gasteiger partial charge in [-0.05, 0) is 12.1 Å². The van der Waals surface area contributed by atoms with Gasteiger partial charge in [-0.3, -0.25) is 9.35 Å². The second-order valence-corrected chi connectivity index (χ2v) is 9.74. The van der Waals surface area contributed by atoms with Crippen LogP contribution in [-0.4, -0.2) is 58.5 Å². The first-order valence-corrected chi connectivity index (χ1v) is 11.0. The zero-order chi connectivity index (χ0) is 17.0. The van der Waals surface area contributed by atoms with E-state index in [1.54, 1.807) is 4.90 Å². The van der Waals surface area contributed by atoms with Crippen LogP contribution in [0.3, 0.4) is 0 Å². The lowest BCUT2D eigenvalue weighted by Gasteiger charge is -2.26. The standard InChI is InChI=1S/C9H10ClNO4S2.ClHO3S/c10-17(13,14)8-2-1-7(16-8)9(12)11-3-5-15-6-4-11;1-5(2,3)4/h1-2H,3-6H2;(H,2,3,4). The van der Waals surface area contributed by atoms with E-state index in [0.29, 0.717) is 31.2 Å². The summed E-state index contributed by atoms with van der Waals surface area (Å²) in [5, 5.41) is 0. The fraction of sp³-hybridized carbons (Fsp3) is 0.444. The van der Waals surface area contributed by atoms with E-state index in [0.717, 1.165) is 11.3 Å². The minimum atomic E-state index is -4.19. The molecule has 1 fully saturated rings. The lowest BCUT2D eigenvalue weighted by Crippen LogP contribution is -2.40. The van der Waals surface area contributed by atoms with Crippen molar-refractivity contribution in [3.8, 4) is 0 Å². The number of hydrogen-bond donors (Lipinski definition) is 1. The first kappa shape index (κ1) is 19.6. The van der Waals surface area contributed by atoms with E-state index in [1.807, 2.05) is 0 Å². The van der Waals surface area contributed by atoms with Crippen molar-refractivity contribution < 1.29 is 30.9 Å². The Labute approximate surface area is 140 Å². The third-order valence-corrected chi connectivity index (χ3v) is 5.50. The zero-order valence-electron chi connectivity index (χ0n) is 10.8. The fourth-order valence-corrected chi connectivity index (χ4v) is 3.53. The molecule has 1 saturated heterocycles. The Bertz CT molecular complexity index is 714. The van der Waals surface area contributed by atoms with Crippen molar-refractivity contribution >= 4 is 57.0 Å². The van der Waals surface area contributed by atoms with E-state index in [-0.39, 0.29) is 10.1 Å². The molecule has 1 N–H and O–H groups in total. The molecule has 0 spiro atoms. The van der Waals surface area contributed by atoms with Crippen molar-refractivity contribution in [3.05, 3.63) is 17.0 Å². The highest BCUT2D eigenvalue weighted by molar-refractivity contribution is 8.15. The minimum absolute atomic E-state index is 0.00391. The van der Waals surface area contributed by atoms with Crippen molar-refractivity contribution in [1.82, 2.24) is 4.90 Å². The van der Waals surface area contributed by atoms with Gasteiger partial charge < -0.3 is 9.64 Å². The van der Waals surface area contributed by atoms with Gasteiger partial charge in [-0.15, -0.1) is 11.3 Å². The van der Waals surface area contributed by atoms with Gasteiger partial charge in [0.05, 0.1) is 18.1 Å². The summed E-state index contributed by atoms with van der Waals surface area (Å²) in [7, 11) is 1.31. The fourth-order valence-electron chi connectivity index (χ4n) is 1.49. The third-order valence-electron chi connectivity index (χ3n) is 2.33. The number of halogens is 2. The van der Waals surface area contributed by atoms with E-state index < -0.39 is 18.4 Å². The Morgan fingerprint density at radius 3 is 2.09 bits per heavy atom. The normalized spacial score (nSPS) is 15.9. The number of carbonyl (C=O) groups excluding carboxylic acids is 1. The van der Waals surface area contributed by atoms with Crippen LogP contribution in [0.5, 0.6) is 0 Å². The second kappa shape index (κ2) is 7.90. The minimum Gasteiger partial charge on any atom is -0.378 e. The van der Waals surface area contributed by atoms with Gasteiger partial charge in [-0.2, -0.15) is 8.42 Å². The highest BCUT2D eigenvalue weighted by Gasteiger charge is 2.22. The van der Waals surface area contributed by atoms with Crippen molar-refractivity contribution in [1.29, 1.82) is 0 Å². The predicted octanol–water partition coefficient (Wildman–Crippen LogP) is 1.18. The number of hydrogen-bond acceptors (Lipinski definition) is 7. The molecule has 1 amide bonds. The monoisotopic (exact) mass is 411 g/mol. The maximum atomic E-state index is 12.0. The molecule has 0 bridgehead atoms. The molecular weight excluding hydrogens is 401 g/mol. The predicted molar refractivity (Wildman–Crippen MR) is 81.5 cm³/mol. The smallest absolute Gasteiger partial charge is 0.353 e. The molecule has 0 aromatic carbocycles. The van der Waals surface area contributed by atoms with Crippen molar-refractivity contribution in [2.75, 3.05) is 26.3 Å². The Morgan fingerprint density at radius 2 is 1.68 bits per heavy atom. The summed E-state index contributed by atoms with van der Waals surface area (Å²) >= 11 is 0.890. The van der Waals surface area contributed by atoms with Crippen molar-refractivity contribution in [3.63, 3.8) is 0 Å². The summed E-state index contributed by atoms with van der Waals surface area (Å²) in [4.78, 5) is 14.0. The van der Waals surface area contributed by atoms with Crippen LogP contribution in [0.2, 0.25) is 0 Å². The lowest BCUT2D eigenvalue weighted by molar-refractivity contribution is 0.0306. The zero-order valence-corrected chi connectivity index (χ0v) is 14.8. The molecule has 1 aromatic rings. The average molecular weight is 412 g/mol. The van der Waals surface area contributed by atoms with Gasteiger partial charge in [-0.25, -0.2) is 8.42 Å². The topological polar surface area (TPSA) is 118 Å². The maximum Gasteiger partial charge on any atom is 0.353 e. The molecule has 0 atom stereocenters. The number of rotatable bonds is 2. The van der Waals surface area contributed by atoms with Gasteiger partial charge in [0, 0.05) is 34.5 Å². The number of amides is 1. The number of thiophene rings is 1. The van der Waals surface area contributed by atoms with Crippen LogP contribution in [0.15, 0.2) is 16.3 Å². The van der Waals surface area contributed by atoms with E-state index >= 15 is 0 Å². The molecule has 0 saturated carbocycles. The Kier molecular flexibility index (Phi) is 7.05. The number of carbonyl (C=O) groups is 1. The molecule has 13 heteroatoms. The van der Waals surface area contributed by atoms with Crippen LogP contribution in [0.25, 0.3) is 0 Å². The molecule has 22 heavy (non-hydrogen) atoms. The summed E-state index contributed by atoms with van der Waals surface area (Å²) in [5.74, 6) is -0.176.